The first-order valence-corrected chi connectivity index (χ1v) is 5.05. The number of benzene rings is 1. The molecule has 2 nitrogen and oxygen atoms in total. The molecule has 0 bridgehead atoms. The second-order valence-corrected chi connectivity index (χ2v) is 3.85. The Morgan fingerprint density at radius 1 is 1.50 bits per heavy atom. The third-order valence-corrected chi connectivity index (χ3v) is 2.56. The minimum Gasteiger partial charge on any atom is -0.469 e. The summed E-state index contributed by atoms with van der Waals surface area (Å²) >= 11 is 5.54. The maximum absolute atomic E-state index is 13.5. The monoisotopic (exact) mass is 248 g/mol. The number of carbonyl (C=O) groups is 1. The summed E-state index contributed by atoms with van der Waals surface area (Å²) in [7, 11) is 1.22. The summed E-state index contributed by atoms with van der Waals surface area (Å²) in [6.45, 7) is 1.54. The van der Waals surface area contributed by atoms with Crippen LogP contribution in [0.2, 0.25) is 5.02 Å². The Bertz CT molecular complexity index is 407. The highest BCUT2D eigenvalue weighted by molar-refractivity contribution is 6.30. The molecule has 1 rings (SSSR count). The Hall–Kier alpha value is -1.16. The Morgan fingerprint density at radius 2 is 2.12 bits per heavy atom. The van der Waals surface area contributed by atoms with E-state index in [0.29, 0.717) is 0 Å². The quantitative estimate of drug-likeness (QED) is 0.606. The molecule has 0 fully saturated rings. The van der Waals surface area contributed by atoms with E-state index in [1.54, 1.807) is 0 Å². The Kier molecular flexibility index (Phi) is 4.24. The van der Waals surface area contributed by atoms with E-state index in [1.807, 2.05) is 0 Å². The lowest BCUT2D eigenvalue weighted by molar-refractivity contribution is -0.141. The van der Waals surface area contributed by atoms with Crippen LogP contribution in [0.3, 0.4) is 0 Å². The molecule has 1 aromatic carbocycles. The van der Waals surface area contributed by atoms with Gasteiger partial charge in [-0.3, -0.25) is 4.79 Å². The smallest absolute Gasteiger partial charge is 0.306 e. The molecular weight excluding hydrogens is 238 g/mol. The van der Waals surface area contributed by atoms with Gasteiger partial charge in [-0.2, -0.15) is 0 Å². The average Bonchev–Trinajstić information content (AvgIpc) is 2.24. The molecule has 88 valence electrons. The largest absolute Gasteiger partial charge is 0.469 e. The van der Waals surface area contributed by atoms with Crippen molar-refractivity contribution in [2.24, 2.45) is 0 Å². The van der Waals surface area contributed by atoms with Crippen molar-refractivity contribution in [1.82, 2.24) is 0 Å². The SMILES string of the molecule is COC(=O)CC(C)c1c(F)ccc(Cl)c1F. The van der Waals surface area contributed by atoms with E-state index >= 15 is 0 Å². The molecule has 0 heterocycles. The standard InChI is InChI=1S/C11H11ClF2O2/c1-6(5-9(15)16-2)10-8(13)4-3-7(12)11(10)14/h3-4,6H,5H2,1-2H3. The van der Waals surface area contributed by atoms with Crippen molar-refractivity contribution in [3.63, 3.8) is 0 Å². The molecule has 5 heteroatoms. The van der Waals surface area contributed by atoms with Gasteiger partial charge in [0, 0.05) is 5.56 Å². The molecule has 0 N–H and O–H groups in total. The minimum absolute atomic E-state index is 0.0926. The number of halogens is 3. The van der Waals surface area contributed by atoms with Gasteiger partial charge in [-0.1, -0.05) is 18.5 Å². The fourth-order valence-corrected chi connectivity index (χ4v) is 1.59. The molecule has 0 saturated carbocycles. The van der Waals surface area contributed by atoms with Crippen LogP contribution in [0.1, 0.15) is 24.8 Å². The summed E-state index contributed by atoms with van der Waals surface area (Å²) in [5, 5.41) is -0.159. The lowest BCUT2D eigenvalue weighted by atomic mass is 9.97. The van der Waals surface area contributed by atoms with Gasteiger partial charge in [-0.25, -0.2) is 8.78 Å². The van der Waals surface area contributed by atoms with E-state index in [0.717, 1.165) is 12.1 Å². The molecule has 0 radical (unpaired) electrons. The van der Waals surface area contributed by atoms with Gasteiger partial charge in [0.2, 0.25) is 0 Å². The van der Waals surface area contributed by atoms with Gasteiger partial charge < -0.3 is 4.74 Å². The molecule has 0 aliphatic carbocycles. The molecular formula is C11H11ClF2O2. The highest BCUT2D eigenvalue weighted by Crippen LogP contribution is 2.29. The molecule has 0 spiro atoms. The van der Waals surface area contributed by atoms with E-state index in [2.05, 4.69) is 4.74 Å². The number of rotatable bonds is 3. The third-order valence-electron chi connectivity index (χ3n) is 2.27. The van der Waals surface area contributed by atoms with E-state index in [-0.39, 0.29) is 17.0 Å². The Labute approximate surface area is 97.2 Å². The summed E-state index contributed by atoms with van der Waals surface area (Å²) in [6, 6.07) is 2.22. The summed E-state index contributed by atoms with van der Waals surface area (Å²) in [5.41, 5.74) is -0.182. The zero-order valence-corrected chi connectivity index (χ0v) is 9.65. The van der Waals surface area contributed by atoms with Gasteiger partial charge in [-0.15, -0.1) is 0 Å². The van der Waals surface area contributed by atoms with Gasteiger partial charge in [0.05, 0.1) is 18.6 Å². The molecule has 0 amide bonds. The van der Waals surface area contributed by atoms with Gasteiger partial charge in [0.25, 0.3) is 0 Å². The van der Waals surface area contributed by atoms with Crippen molar-refractivity contribution in [3.8, 4) is 0 Å². The van der Waals surface area contributed by atoms with Crippen LogP contribution in [0.15, 0.2) is 12.1 Å². The minimum atomic E-state index is -0.821. The van der Waals surface area contributed by atoms with Gasteiger partial charge in [0.1, 0.15) is 11.6 Å². The van der Waals surface area contributed by atoms with Crippen molar-refractivity contribution in [1.29, 1.82) is 0 Å². The van der Waals surface area contributed by atoms with E-state index in [1.165, 1.54) is 14.0 Å². The van der Waals surface area contributed by atoms with E-state index < -0.39 is 23.5 Å². The predicted octanol–water partition coefficient (Wildman–Crippen LogP) is 3.28. The molecule has 1 aromatic rings. The van der Waals surface area contributed by atoms with Crippen LogP contribution in [-0.4, -0.2) is 13.1 Å². The number of methoxy groups -OCH3 is 1. The van der Waals surface area contributed by atoms with Crippen LogP contribution >= 0.6 is 11.6 Å². The first kappa shape index (κ1) is 12.9. The number of ether oxygens (including phenoxy) is 1. The summed E-state index contributed by atoms with van der Waals surface area (Å²) in [5.74, 6) is -2.67. The van der Waals surface area contributed by atoms with Crippen molar-refractivity contribution in [3.05, 3.63) is 34.4 Å². The number of esters is 1. The first-order valence-electron chi connectivity index (χ1n) is 4.67. The molecule has 0 aromatic heterocycles. The van der Waals surface area contributed by atoms with Crippen molar-refractivity contribution < 1.29 is 18.3 Å². The first-order chi connectivity index (χ1) is 7.47. The number of carbonyl (C=O) groups excluding carboxylic acids is 1. The molecule has 0 saturated heterocycles. The Balaban J connectivity index is 3.03. The lowest BCUT2D eigenvalue weighted by Crippen LogP contribution is -2.09. The van der Waals surface area contributed by atoms with Crippen LogP contribution in [0.5, 0.6) is 0 Å². The maximum Gasteiger partial charge on any atom is 0.306 e. The third kappa shape index (κ3) is 2.70. The predicted molar refractivity (Wildman–Crippen MR) is 56.4 cm³/mol. The van der Waals surface area contributed by atoms with Crippen LogP contribution in [-0.2, 0) is 9.53 Å². The second kappa shape index (κ2) is 5.25. The summed E-state index contributed by atoms with van der Waals surface area (Å²) in [6.07, 6.45) is -0.0926. The van der Waals surface area contributed by atoms with Crippen LogP contribution in [0, 0.1) is 11.6 Å². The van der Waals surface area contributed by atoms with Gasteiger partial charge >= 0.3 is 5.97 Å². The van der Waals surface area contributed by atoms with E-state index in [9.17, 15) is 13.6 Å². The van der Waals surface area contributed by atoms with Crippen LogP contribution in [0.25, 0.3) is 0 Å². The van der Waals surface area contributed by atoms with Crippen LogP contribution < -0.4 is 0 Å². The van der Waals surface area contributed by atoms with Gasteiger partial charge in [-0.05, 0) is 18.1 Å². The van der Waals surface area contributed by atoms with Crippen molar-refractivity contribution in [2.75, 3.05) is 7.11 Å². The fraction of sp³-hybridized carbons (Fsp3) is 0.364. The summed E-state index contributed by atoms with van der Waals surface area (Å²) in [4.78, 5) is 11.0. The molecule has 0 aliphatic heterocycles. The zero-order valence-electron chi connectivity index (χ0n) is 8.89. The second-order valence-electron chi connectivity index (χ2n) is 3.44. The topological polar surface area (TPSA) is 26.3 Å². The number of hydrogen-bond acceptors (Lipinski definition) is 2. The number of hydrogen-bond donors (Lipinski definition) is 0. The zero-order chi connectivity index (χ0) is 12.3. The van der Waals surface area contributed by atoms with Crippen molar-refractivity contribution >= 4 is 17.6 Å². The average molecular weight is 249 g/mol. The Morgan fingerprint density at radius 3 is 2.69 bits per heavy atom. The highest BCUT2D eigenvalue weighted by Gasteiger charge is 2.21. The van der Waals surface area contributed by atoms with Gasteiger partial charge in [0.15, 0.2) is 0 Å². The van der Waals surface area contributed by atoms with Crippen LogP contribution in [0.4, 0.5) is 8.78 Å². The maximum atomic E-state index is 13.5. The van der Waals surface area contributed by atoms with Crippen molar-refractivity contribution in [2.45, 2.75) is 19.3 Å². The molecule has 16 heavy (non-hydrogen) atoms. The summed E-state index contributed by atoms with van der Waals surface area (Å²) < 4.78 is 31.4. The van der Waals surface area contributed by atoms with E-state index in [4.69, 9.17) is 11.6 Å². The normalized spacial score (nSPS) is 12.3. The lowest BCUT2D eigenvalue weighted by Gasteiger charge is -2.13. The fourth-order valence-electron chi connectivity index (χ4n) is 1.43. The molecule has 1 unspecified atom stereocenters. The molecule has 0 aliphatic rings. The molecule has 1 atom stereocenters. The highest BCUT2D eigenvalue weighted by atomic mass is 35.5.